The summed E-state index contributed by atoms with van der Waals surface area (Å²) in [5, 5.41) is 12.4. The van der Waals surface area contributed by atoms with E-state index in [9.17, 15) is 9.90 Å². The second kappa shape index (κ2) is 9.51. The molecule has 0 fully saturated rings. The molecule has 0 radical (unpaired) electrons. The number of H-pyrrole nitrogens is 1. The number of nitrogens with zero attached hydrogens (tertiary/aromatic N) is 1. The molecule has 0 spiro atoms. The summed E-state index contributed by atoms with van der Waals surface area (Å²) in [4.78, 5) is 17.3. The lowest BCUT2D eigenvalue weighted by Crippen LogP contribution is -2.31. The lowest BCUT2D eigenvalue weighted by Gasteiger charge is -2.23. The van der Waals surface area contributed by atoms with Crippen LogP contribution >= 0.6 is 0 Å². The Morgan fingerprint density at radius 3 is 2.44 bits per heavy atom. The third kappa shape index (κ3) is 3.96. The highest BCUT2D eigenvalue weighted by molar-refractivity contribution is 6.42. The Bertz CT molecular complexity index is 1700. The number of allylic oxidation sites excluding steroid dienone is 3. The van der Waals surface area contributed by atoms with Crippen LogP contribution in [0, 0.1) is 0 Å². The van der Waals surface area contributed by atoms with Gasteiger partial charge in [-0.3, -0.25) is 4.79 Å². The Morgan fingerprint density at radius 2 is 1.69 bits per heavy atom. The number of methoxy groups -OCH3 is 1. The summed E-state index contributed by atoms with van der Waals surface area (Å²) in [6.45, 7) is 7.17. The predicted molar refractivity (Wildman–Crippen MR) is 157 cm³/mol. The molecule has 1 aliphatic heterocycles. The Labute approximate surface area is 228 Å². The topological polar surface area (TPSA) is 65.3 Å². The third-order valence-corrected chi connectivity index (χ3v) is 8.22. The minimum absolute atomic E-state index is 0.0476. The van der Waals surface area contributed by atoms with Gasteiger partial charge in [-0.25, -0.2) is 0 Å². The average Bonchev–Trinajstić information content (AvgIpc) is 3.43. The number of hydrogen-bond acceptors (Lipinski definition) is 3. The van der Waals surface area contributed by atoms with Crippen molar-refractivity contribution in [1.82, 2.24) is 4.98 Å². The largest absolute Gasteiger partial charge is 0.506 e. The number of hydrogen-bond donors (Lipinski definition) is 2. The fourth-order valence-corrected chi connectivity index (χ4v) is 5.92. The molecule has 0 saturated carbocycles. The van der Waals surface area contributed by atoms with Gasteiger partial charge in [-0.15, -0.1) is 0 Å². The highest BCUT2D eigenvalue weighted by Crippen LogP contribution is 2.46. The van der Waals surface area contributed by atoms with Crippen LogP contribution < -0.4 is 0 Å². The number of benzene rings is 3. The number of carbonyl (C=O) groups excluding carboxylic acids is 1. The van der Waals surface area contributed by atoms with E-state index in [2.05, 4.69) is 48.5 Å². The zero-order chi connectivity index (χ0) is 27.3. The highest BCUT2D eigenvalue weighted by atomic mass is 16.5. The first-order chi connectivity index (χ1) is 18.8. The summed E-state index contributed by atoms with van der Waals surface area (Å²) in [6.07, 6.45) is 2.85. The van der Waals surface area contributed by atoms with Gasteiger partial charge in [-0.2, -0.15) is 4.58 Å². The maximum atomic E-state index is 13.8. The molecule has 2 aliphatic rings. The molecule has 1 unspecified atom stereocenters. The first-order valence-corrected chi connectivity index (χ1v) is 13.5. The molecule has 1 atom stereocenters. The van der Waals surface area contributed by atoms with Crippen LogP contribution in [0.4, 0.5) is 5.69 Å². The normalized spacial score (nSPS) is 18.2. The summed E-state index contributed by atoms with van der Waals surface area (Å²) in [7, 11) is 1.73. The number of aromatic amines is 1. The van der Waals surface area contributed by atoms with E-state index >= 15 is 0 Å². The van der Waals surface area contributed by atoms with Crippen molar-refractivity contribution in [2.24, 2.45) is 0 Å². The minimum Gasteiger partial charge on any atom is -0.506 e. The number of Topliss-reactive ketones (excluding diaryl/α,β-unsaturated/α-hetero) is 1. The van der Waals surface area contributed by atoms with Gasteiger partial charge in [0.25, 0.3) is 0 Å². The number of rotatable bonds is 7. The quantitative estimate of drug-likeness (QED) is 0.203. The molecule has 3 aromatic carbocycles. The van der Waals surface area contributed by atoms with E-state index in [1.165, 1.54) is 5.56 Å². The van der Waals surface area contributed by atoms with Crippen molar-refractivity contribution in [2.75, 3.05) is 13.7 Å². The van der Waals surface area contributed by atoms with Crippen LogP contribution in [0.3, 0.4) is 0 Å². The zero-order valence-electron chi connectivity index (χ0n) is 22.8. The van der Waals surface area contributed by atoms with Gasteiger partial charge in [-0.1, -0.05) is 66.7 Å². The summed E-state index contributed by atoms with van der Waals surface area (Å²) in [5.74, 6) is -0.0923. The van der Waals surface area contributed by atoms with E-state index in [4.69, 9.17) is 4.74 Å². The van der Waals surface area contributed by atoms with E-state index in [1.807, 2.05) is 66.7 Å². The van der Waals surface area contributed by atoms with Crippen molar-refractivity contribution in [2.45, 2.75) is 38.7 Å². The number of para-hydroxylation sites is 2. The fraction of sp³-hybridized carbons (Fsp3) is 0.235. The van der Waals surface area contributed by atoms with Gasteiger partial charge in [0.15, 0.2) is 12.3 Å². The number of fused-ring (bicyclic) bond motifs is 2. The van der Waals surface area contributed by atoms with Crippen LogP contribution in [0.25, 0.3) is 27.7 Å². The van der Waals surface area contributed by atoms with Gasteiger partial charge in [0.05, 0.1) is 28.4 Å². The Balaban J connectivity index is 1.50. The van der Waals surface area contributed by atoms with E-state index < -0.39 is 0 Å². The van der Waals surface area contributed by atoms with Crippen molar-refractivity contribution < 1.29 is 19.2 Å². The third-order valence-electron chi connectivity index (χ3n) is 8.22. The highest BCUT2D eigenvalue weighted by Gasteiger charge is 2.47. The Morgan fingerprint density at radius 1 is 1.00 bits per heavy atom. The Kier molecular flexibility index (Phi) is 6.12. The number of ether oxygens (including phenoxy) is 1. The molecule has 5 nitrogen and oxygen atoms in total. The van der Waals surface area contributed by atoms with Crippen LogP contribution in [0.1, 0.15) is 38.3 Å². The second-order valence-electron chi connectivity index (χ2n) is 10.9. The number of ketones is 1. The van der Waals surface area contributed by atoms with Crippen molar-refractivity contribution >= 4 is 33.7 Å². The van der Waals surface area contributed by atoms with E-state index in [-0.39, 0.29) is 23.1 Å². The molecule has 4 aromatic rings. The van der Waals surface area contributed by atoms with Gasteiger partial charge >= 0.3 is 0 Å². The average molecular weight is 518 g/mol. The second-order valence-corrected chi connectivity index (χ2v) is 10.9. The summed E-state index contributed by atoms with van der Waals surface area (Å²) in [6, 6.07) is 26.2. The number of aliphatic hydroxyl groups is 1. The first kappa shape index (κ1) is 25.1. The lowest BCUT2D eigenvalue weighted by molar-refractivity contribution is -0.440. The van der Waals surface area contributed by atoms with E-state index in [1.54, 1.807) is 7.11 Å². The number of aromatic nitrogens is 1. The molecule has 6 rings (SSSR count). The number of nitrogens with one attached hydrogen (secondary N) is 1. The van der Waals surface area contributed by atoms with Gasteiger partial charge in [-0.05, 0) is 32.4 Å². The molecule has 2 heterocycles. The molecule has 39 heavy (non-hydrogen) atoms. The van der Waals surface area contributed by atoms with Gasteiger partial charge in [0.1, 0.15) is 5.76 Å². The molecule has 0 saturated heterocycles. The van der Waals surface area contributed by atoms with Crippen molar-refractivity contribution in [1.29, 1.82) is 0 Å². The fourth-order valence-electron chi connectivity index (χ4n) is 5.92. The van der Waals surface area contributed by atoms with E-state index in [0.29, 0.717) is 11.1 Å². The molecule has 196 valence electrons. The number of carbonyl (C=O) groups is 1. The maximum absolute atomic E-state index is 13.8. The van der Waals surface area contributed by atoms with Crippen LogP contribution in [0.5, 0.6) is 0 Å². The van der Waals surface area contributed by atoms with Crippen LogP contribution in [0.2, 0.25) is 0 Å². The van der Waals surface area contributed by atoms with Crippen LogP contribution in [-0.4, -0.2) is 45.9 Å². The van der Waals surface area contributed by atoms with Crippen LogP contribution in [0.15, 0.2) is 96.3 Å². The van der Waals surface area contributed by atoms with Gasteiger partial charge < -0.3 is 14.8 Å². The standard InChI is InChI=1S/C34H32N2O3/c1-21(39-4)18-19-36-27-17-11-9-15-25(27)34(2,3)28(36)20-24-32(37)30(33(24)38)29-23-14-8-10-16-26(23)35-31(29)22-12-6-5-7-13-22/h5-17,20-21H,18-19H2,1-4H3,(H,37,38)/p+1. The lowest BCUT2D eigenvalue weighted by atomic mass is 9.77. The van der Waals surface area contributed by atoms with Gasteiger partial charge in [0, 0.05) is 47.7 Å². The van der Waals surface area contributed by atoms with Gasteiger partial charge in [0.2, 0.25) is 11.5 Å². The molecule has 2 N–H and O–H groups in total. The van der Waals surface area contributed by atoms with Crippen molar-refractivity contribution in [3.8, 4) is 11.3 Å². The Hall–Kier alpha value is -4.22. The molecular formula is C34H33N2O3+. The monoisotopic (exact) mass is 517 g/mol. The molecule has 0 amide bonds. The zero-order valence-corrected chi connectivity index (χ0v) is 22.8. The molecular weight excluding hydrogens is 484 g/mol. The molecule has 0 bridgehead atoms. The minimum atomic E-state index is -0.327. The van der Waals surface area contributed by atoms with Crippen molar-refractivity contribution in [3.63, 3.8) is 0 Å². The number of aliphatic hydroxyl groups excluding tert-OH is 1. The molecule has 5 heteroatoms. The smallest absolute Gasteiger partial charge is 0.209 e. The first-order valence-electron chi connectivity index (χ1n) is 13.5. The SMILES string of the molecule is COC(C)CC[N+]1=C(/C=C2/C(=O)C(c3c(-c4ccccc4)[nH]c4ccccc34)=C2O)C(C)(C)c2ccccc21. The molecule has 1 aliphatic carbocycles. The predicted octanol–water partition coefficient (Wildman–Crippen LogP) is 7.11. The molecule has 1 aromatic heterocycles. The van der Waals surface area contributed by atoms with Crippen LogP contribution in [-0.2, 0) is 14.9 Å². The van der Waals surface area contributed by atoms with E-state index in [0.717, 1.165) is 52.1 Å². The van der Waals surface area contributed by atoms with Crippen molar-refractivity contribution in [3.05, 3.63) is 107 Å². The summed E-state index contributed by atoms with van der Waals surface area (Å²) < 4.78 is 7.79. The maximum Gasteiger partial charge on any atom is 0.209 e. The summed E-state index contributed by atoms with van der Waals surface area (Å²) >= 11 is 0. The summed E-state index contributed by atoms with van der Waals surface area (Å²) in [5.41, 5.74) is 7.22.